The third-order valence-electron chi connectivity index (χ3n) is 2.82. The van der Waals surface area contributed by atoms with E-state index in [2.05, 4.69) is 10.3 Å². The molecule has 3 rings (SSSR count). The fraction of sp³-hybridized carbons (Fsp3) is 0.231. The van der Waals surface area contributed by atoms with Crippen LogP contribution in [-0.2, 0) is 17.8 Å². The van der Waals surface area contributed by atoms with Gasteiger partial charge < -0.3 is 4.74 Å². The molecule has 6 heteroatoms. The standard InChI is InChI=1S/C13H11FN2O2S/c14-9-3-1-8(2-4-9)12(17)16-13-15-10-5-6-18-7-11(10)19-13/h1-4H,5-7H2,(H,15,16,17). The van der Waals surface area contributed by atoms with Crippen molar-refractivity contribution >= 4 is 22.4 Å². The molecule has 0 radical (unpaired) electrons. The number of benzene rings is 1. The third-order valence-corrected chi connectivity index (χ3v) is 3.81. The van der Waals surface area contributed by atoms with Crippen molar-refractivity contribution in [2.75, 3.05) is 11.9 Å². The first kappa shape index (κ1) is 12.3. The van der Waals surface area contributed by atoms with Gasteiger partial charge in [0.25, 0.3) is 5.91 Å². The van der Waals surface area contributed by atoms with Gasteiger partial charge in [0.15, 0.2) is 5.13 Å². The highest BCUT2D eigenvalue weighted by atomic mass is 32.1. The number of ether oxygens (including phenoxy) is 1. The molecule has 0 unspecified atom stereocenters. The second kappa shape index (κ2) is 5.07. The van der Waals surface area contributed by atoms with E-state index in [1.54, 1.807) is 0 Å². The minimum absolute atomic E-state index is 0.285. The van der Waals surface area contributed by atoms with E-state index in [0.717, 1.165) is 17.0 Å². The van der Waals surface area contributed by atoms with E-state index in [1.165, 1.54) is 35.6 Å². The summed E-state index contributed by atoms with van der Waals surface area (Å²) in [7, 11) is 0. The van der Waals surface area contributed by atoms with Crippen molar-refractivity contribution in [3.8, 4) is 0 Å². The Morgan fingerprint density at radius 1 is 1.37 bits per heavy atom. The van der Waals surface area contributed by atoms with Gasteiger partial charge in [-0.1, -0.05) is 11.3 Å². The third kappa shape index (κ3) is 2.64. The van der Waals surface area contributed by atoms with Crippen molar-refractivity contribution < 1.29 is 13.9 Å². The Bertz CT molecular complexity index is 586. The average molecular weight is 278 g/mol. The first-order valence-corrected chi connectivity index (χ1v) is 6.67. The van der Waals surface area contributed by atoms with Gasteiger partial charge in [0.1, 0.15) is 5.82 Å². The molecular weight excluding hydrogens is 267 g/mol. The van der Waals surface area contributed by atoms with E-state index in [-0.39, 0.29) is 11.7 Å². The molecule has 0 fully saturated rings. The van der Waals surface area contributed by atoms with Crippen molar-refractivity contribution in [1.82, 2.24) is 4.98 Å². The molecule has 0 saturated carbocycles. The van der Waals surface area contributed by atoms with Crippen molar-refractivity contribution in [2.24, 2.45) is 0 Å². The van der Waals surface area contributed by atoms with Crippen LogP contribution in [0.25, 0.3) is 0 Å². The summed E-state index contributed by atoms with van der Waals surface area (Å²) in [5, 5.41) is 3.29. The molecule has 0 aliphatic carbocycles. The Morgan fingerprint density at radius 3 is 2.89 bits per heavy atom. The average Bonchev–Trinajstić information content (AvgIpc) is 2.81. The van der Waals surface area contributed by atoms with Crippen LogP contribution in [0, 0.1) is 5.82 Å². The Hall–Kier alpha value is -1.79. The highest BCUT2D eigenvalue weighted by Crippen LogP contribution is 2.27. The molecule has 2 heterocycles. The molecule has 0 bridgehead atoms. The lowest BCUT2D eigenvalue weighted by atomic mass is 10.2. The number of hydrogen-bond donors (Lipinski definition) is 1. The summed E-state index contributed by atoms with van der Waals surface area (Å²) in [6.07, 6.45) is 0.776. The maximum atomic E-state index is 12.8. The number of halogens is 1. The molecule has 0 atom stereocenters. The predicted molar refractivity (Wildman–Crippen MR) is 69.8 cm³/mol. The fourth-order valence-electron chi connectivity index (χ4n) is 1.85. The minimum Gasteiger partial charge on any atom is -0.375 e. The van der Waals surface area contributed by atoms with Crippen LogP contribution in [0.5, 0.6) is 0 Å². The second-order valence-corrected chi connectivity index (χ2v) is 5.24. The van der Waals surface area contributed by atoms with Crippen LogP contribution >= 0.6 is 11.3 Å². The first-order chi connectivity index (χ1) is 9.22. The van der Waals surface area contributed by atoms with Gasteiger partial charge in [0.05, 0.1) is 23.8 Å². The molecule has 0 spiro atoms. The van der Waals surface area contributed by atoms with Gasteiger partial charge in [0.2, 0.25) is 0 Å². The Balaban J connectivity index is 1.75. The van der Waals surface area contributed by atoms with Crippen molar-refractivity contribution in [2.45, 2.75) is 13.0 Å². The molecule has 1 aliphatic rings. The van der Waals surface area contributed by atoms with Crippen LogP contribution in [0.15, 0.2) is 24.3 Å². The van der Waals surface area contributed by atoms with Gasteiger partial charge in [-0.2, -0.15) is 0 Å². The second-order valence-electron chi connectivity index (χ2n) is 4.15. The van der Waals surface area contributed by atoms with E-state index >= 15 is 0 Å². The number of carbonyl (C=O) groups is 1. The zero-order valence-electron chi connectivity index (χ0n) is 9.98. The van der Waals surface area contributed by atoms with E-state index in [4.69, 9.17) is 4.74 Å². The Labute approximate surface area is 113 Å². The molecule has 1 amide bonds. The first-order valence-electron chi connectivity index (χ1n) is 5.85. The van der Waals surface area contributed by atoms with Gasteiger partial charge in [0, 0.05) is 12.0 Å². The van der Waals surface area contributed by atoms with E-state index in [1.807, 2.05) is 0 Å². The number of amides is 1. The zero-order chi connectivity index (χ0) is 13.2. The lowest BCUT2D eigenvalue weighted by Crippen LogP contribution is -2.12. The zero-order valence-corrected chi connectivity index (χ0v) is 10.8. The molecular formula is C13H11FN2O2S. The fourth-order valence-corrected chi connectivity index (χ4v) is 2.79. The van der Waals surface area contributed by atoms with Gasteiger partial charge in [-0.25, -0.2) is 9.37 Å². The van der Waals surface area contributed by atoms with Crippen molar-refractivity contribution in [3.05, 3.63) is 46.2 Å². The highest BCUT2D eigenvalue weighted by molar-refractivity contribution is 7.15. The maximum Gasteiger partial charge on any atom is 0.257 e. The number of hydrogen-bond acceptors (Lipinski definition) is 4. The van der Waals surface area contributed by atoms with Gasteiger partial charge >= 0.3 is 0 Å². The van der Waals surface area contributed by atoms with Gasteiger partial charge in [-0.15, -0.1) is 0 Å². The molecule has 1 aromatic heterocycles. The summed E-state index contributed by atoms with van der Waals surface area (Å²) in [6, 6.07) is 5.41. The van der Waals surface area contributed by atoms with Crippen LogP contribution in [0.1, 0.15) is 20.9 Å². The monoisotopic (exact) mass is 278 g/mol. The number of nitrogens with one attached hydrogen (secondary N) is 1. The summed E-state index contributed by atoms with van der Waals surface area (Å²) >= 11 is 1.42. The highest BCUT2D eigenvalue weighted by Gasteiger charge is 2.17. The molecule has 1 aromatic carbocycles. The van der Waals surface area contributed by atoms with E-state index in [0.29, 0.717) is 23.9 Å². The van der Waals surface area contributed by atoms with Gasteiger partial charge in [-0.05, 0) is 24.3 Å². The summed E-state index contributed by atoms with van der Waals surface area (Å²) < 4.78 is 18.1. The molecule has 0 saturated heterocycles. The number of aromatic nitrogens is 1. The van der Waals surface area contributed by atoms with Gasteiger partial charge in [-0.3, -0.25) is 10.1 Å². The lowest BCUT2D eigenvalue weighted by molar-refractivity contribution is 0.102. The van der Waals surface area contributed by atoms with Crippen LogP contribution < -0.4 is 5.32 Å². The number of carbonyl (C=O) groups excluding carboxylic acids is 1. The number of anilines is 1. The maximum absolute atomic E-state index is 12.8. The number of rotatable bonds is 2. The topological polar surface area (TPSA) is 51.2 Å². The normalized spacial score (nSPS) is 13.9. The largest absolute Gasteiger partial charge is 0.375 e. The van der Waals surface area contributed by atoms with Crippen molar-refractivity contribution in [1.29, 1.82) is 0 Å². The molecule has 2 aromatic rings. The molecule has 4 nitrogen and oxygen atoms in total. The van der Waals surface area contributed by atoms with Crippen molar-refractivity contribution in [3.63, 3.8) is 0 Å². The smallest absolute Gasteiger partial charge is 0.257 e. The summed E-state index contributed by atoms with van der Waals surface area (Å²) in [4.78, 5) is 17.4. The molecule has 1 N–H and O–H groups in total. The molecule has 1 aliphatic heterocycles. The summed E-state index contributed by atoms with van der Waals surface area (Å²) in [5.41, 5.74) is 1.40. The number of fused-ring (bicyclic) bond motifs is 1. The van der Waals surface area contributed by atoms with Crippen LogP contribution in [-0.4, -0.2) is 17.5 Å². The SMILES string of the molecule is O=C(Nc1nc2c(s1)COCC2)c1ccc(F)cc1. The van der Waals surface area contributed by atoms with Crippen LogP contribution in [0.4, 0.5) is 9.52 Å². The quantitative estimate of drug-likeness (QED) is 0.918. The molecule has 19 heavy (non-hydrogen) atoms. The predicted octanol–water partition coefficient (Wildman–Crippen LogP) is 2.61. The van der Waals surface area contributed by atoms with E-state index < -0.39 is 0 Å². The van der Waals surface area contributed by atoms with Crippen LogP contribution in [0.2, 0.25) is 0 Å². The Kier molecular flexibility index (Phi) is 3.27. The Morgan fingerprint density at radius 2 is 2.16 bits per heavy atom. The van der Waals surface area contributed by atoms with E-state index in [9.17, 15) is 9.18 Å². The lowest BCUT2D eigenvalue weighted by Gasteiger charge is -2.08. The number of nitrogens with zero attached hydrogens (tertiary/aromatic N) is 1. The minimum atomic E-state index is -0.363. The summed E-state index contributed by atoms with van der Waals surface area (Å²) in [6.45, 7) is 1.22. The van der Waals surface area contributed by atoms with Crippen LogP contribution in [0.3, 0.4) is 0 Å². The molecule has 98 valence electrons. The number of thiazole rings is 1. The summed E-state index contributed by atoms with van der Waals surface area (Å²) in [5.74, 6) is -0.648.